The van der Waals surface area contributed by atoms with Crippen molar-refractivity contribution >= 4 is 62.3 Å². The first-order valence-corrected chi connectivity index (χ1v) is 14.0. The maximum atomic E-state index is 13.8. The Morgan fingerprint density at radius 3 is 2.22 bits per heavy atom. The van der Waals surface area contributed by atoms with Gasteiger partial charge in [0.2, 0.25) is 11.8 Å². The highest BCUT2D eigenvalue weighted by Gasteiger charge is 2.32. The molecule has 37 heavy (non-hydrogen) atoms. The molecule has 7 nitrogen and oxygen atoms in total. The Kier molecular flexibility index (Phi) is 9.84. The van der Waals surface area contributed by atoms with Gasteiger partial charge in [0.1, 0.15) is 12.6 Å². The normalized spacial score (nSPS) is 12.0. The Labute approximate surface area is 232 Å². The summed E-state index contributed by atoms with van der Waals surface area (Å²) < 4.78 is 28.3. The van der Waals surface area contributed by atoms with E-state index in [1.165, 1.54) is 29.2 Å². The molecule has 0 bridgehead atoms. The third-order valence-corrected chi connectivity index (χ3v) is 8.19. The van der Waals surface area contributed by atoms with Crippen molar-refractivity contribution in [3.63, 3.8) is 0 Å². The second-order valence-electron chi connectivity index (χ2n) is 8.13. The summed E-state index contributed by atoms with van der Waals surface area (Å²) in [5.41, 5.74) is 0.760. The molecule has 3 aromatic carbocycles. The van der Waals surface area contributed by atoms with Crippen molar-refractivity contribution in [1.82, 2.24) is 10.2 Å². The van der Waals surface area contributed by atoms with Gasteiger partial charge in [0.05, 0.1) is 10.6 Å². The number of hydrogen-bond acceptors (Lipinski definition) is 4. The number of amides is 2. The van der Waals surface area contributed by atoms with Gasteiger partial charge in [-0.1, -0.05) is 65.1 Å². The zero-order chi connectivity index (χ0) is 27.2. The maximum Gasteiger partial charge on any atom is 0.264 e. The van der Waals surface area contributed by atoms with Gasteiger partial charge in [-0.05, 0) is 61.9 Å². The van der Waals surface area contributed by atoms with Crippen LogP contribution in [0.1, 0.15) is 19.4 Å². The van der Waals surface area contributed by atoms with Crippen LogP contribution in [-0.2, 0) is 26.2 Å². The van der Waals surface area contributed by atoms with E-state index in [-0.39, 0.29) is 23.0 Å². The molecular weight excluding hydrogens is 557 g/mol. The van der Waals surface area contributed by atoms with Crippen LogP contribution in [0.4, 0.5) is 5.69 Å². The predicted octanol–water partition coefficient (Wildman–Crippen LogP) is 5.40. The molecule has 1 N–H and O–H groups in total. The van der Waals surface area contributed by atoms with Gasteiger partial charge in [-0.15, -0.1) is 0 Å². The second kappa shape index (κ2) is 12.6. The number of nitrogens with zero attached hydrogens (tertiary/aromatic N) is 2. The zero-order valence-electron chi connectivity index (χ0n) is 20.2. The third-order valence-electron chi connectivity index (χ3n) is 5.58. The summed E-state index contributed by atoms with van der Waals surface area (Å²) in [6.45, 7) is 3.08. The van der Waals surface area contributed by atoms with E-state index in [0.29, 0.717) is 27.2 Å². The van der Waals surface area contributed by atoms with E-state index in [9.17, 15) is 18.0 Å². The number of halogens is 3. The fraction of sp³-hybridized carbons (Fsp3) is 0.231. The van der Waals surface area contributed by atoms with Crippen LogP contribution in [-0.4, -0.2) is 44.3 Å². The smallest absolute Gasteiger partial charge is 0.264 e. The summed E-state index contributed by atoms with van der Waals surface area (Å²) in [6, 6.07) is 17.9. The van der Waals surface area contributed by atoms with Gasteiger partial charge in [-0.3, -0.25) is 13.9 Å². The molecule has 3 rings (SSSR count). The Morgan fingerprint density at radius 1 is 0.919 bits per heavy atom. The molecule has 0 saturated carbocycles. The number of carbonyl (C=O) groups excluding carboxylic acids is 2. The van der Waals surface area contributed by atoms with Gasteiger partial charge in [0.25, 0.3) is 10.0 Å². The fourth-order valence-corrected chi connectivity index (χ4v) is 5.70. The van der Waals surface area contributed by atoms with Crippen molar-refractivity contribution in [2.75, 3.05) is 17.4 Å². The molecule has 0 aromatic heterocycles. The summed E-state index contributed by atoms with van der Waals surface area (Å²) in [7, 11) is -4.16. The van der Waals surface area contributed by atoms with Gasteiger partial charge in [0.15, 0.2) is 0 Å². The van der Waals surface area contributed by atoms with Crippen molar-refractivity contribution in [3.05, 3.63) is 93.4 Å². The quantitative estimate of drug-likeness (QED) is 0.347. The largest absolute Gasteiger partial charge is 0.355 e. The molecule has 0 radical (unpaired) electrons. The van der Waals surface area contributed by atoms with E-state index in [1.807, 2.05) is 0 Å². The van der Waals surface area contributed by atoms with Crippen LogP contribution >= 0.6 is 34.8 Å². The zero-order valence-corrected chi connectivity index (χ0v) is 23.3. The van der Waals surface area contributed by atoms with Crippen LogP contribution in [0.3, 0.4) is 0 Å². The van der Waals surface area contributed by atoms with Crippen LogP contribution in [0.5, 0.6) is 0 Å². The molecule has 2 amide bonds. The minimum Gasteiger partial charge on any atom is -0.355 e. The SMILES string of the molecule is CCNC(=O)C(C)N(Cc1ccc(Cl)cc1Cl)C(=O)CN(c1cccc(Cl)c1)S(=O)(=O)c1ccccc1. The molecule has 196 valence electrons. The van der Waals surface area contributed by atoms with Crippen molar-refractivity contribution in [2.45, 2.75) is 31.3 Å². The van der Waals surface area contributed by atoms with Crippen LogP contribution in [0.15, 0.2) is 77.7 Å². The highest BCUT2D eigenvalue weighted by molar-refractivity contribution is 7.92. The van der Waals surface area contributed by atoms with Gasteiger partial charge >= 0.3 is 0 Å². The van der Waals surface area contributed by atoms with Crippen molar-refractivity contribution in [3.8, 4) is 0 Å². The van der Waals surface area contributed by atoms with E-state index in [4.69, 9.17) is 34.8 Å². The number of hydrogen-bond donors (Lipinski definition) is 1. The lowest BCUT2D eigenvalue weighted by Crippen LogP contribution is -2.51. The lowest BCUT2D eigenvalue weighted by atomic mass is 10.1. The van der Waals surface area contributed by atoms with Gasteiger partial charge in [-0.25, -0.2) is 8.42 Å². The second-order valence-corrected chi connectivity index (χ2v) is 11.3. The number of benzene rings is 3. The summed E-state index contributed by atoms with van der Waals surface area (Å²) in [5, 5.41) is 3.74. The average Bonchev–Trinajstić information content (AvgIpc) is 2.87. The van der Waals surface area contributed by atoms with E-state index in [0.717, 1.165) is 4.31 Å². The molecule has 0 aliphatic heterocycles. The van der Waals surface area contributed by atoms with Crippen molar-refractivity contribution in [2.24, 2.45) is 0 Å². The number of nitrogens with one attached hydrogen (secondary N) is 1. The standard InChI is InChI=1S/C26H26Cl3N3O4S/c1-3-30-26(34)18(2)31(16-19-12-13-21(28)15-24(19)29)25(33)17-32(22-9-7-8-20(27)14-22)37(35,36)23-10-5-4-6-11-23/h4-15,18H,3,16-17H2,1-2H3,(H,30,34). The Bertz CT molecular complexity index is 1370. The molecule has 3 aromatic rings. The fourth-order valence-electron chi connectivity index (χ4n) is 3.62. The molecule has 0 spiro atoms. The Balaban J connectivity index is 2.04. The first-order chi connectivity index (χ1) is 17.5. The Hall–Kier alpha value is -2.78. The molecule has 1 atom stereocenters. The first-order valence-electron chi connectivity index (χ1n) is 11.4. The molecule has 0 aliphatic rings. The van der Waals surface area contributed by atoms with Gasteiger partial charge in [0, 0.05) is 28.2 Å². The molecule has 0 saturated heterocycles. The maximum absolute atomic E-state index is 13.8. The van der Waals surface area contributed by atoms with E-state index in [2.05, 4.69) is 5.32 Å². The minimum atomic E-state index is -4.16. The van der Waals surface area contributed by atoms with Crippen LogP contribution in [0, 0.1) is 0 Å². The van der Waals surface area contributed by atoms with Gasteiger partial charge in [-0.2, -0.15) is 0 Å². The molecule has 11 heteroatoms. The van der Waals surface area contributed by atoms with E-state index < -0.39 is 28.5 Å². The minimum absolute atomic E-state index is 0.00634. The van der Waals surface area contributed by atoms with Crippen LogP contribution in [0.25, 0.3) is 0 Å². The van der Waals surface area contributed by atoms with Gasteiger partial charge < -0.3 is 10.2 Å². The Morgan fingerprint density at radius 2 is 1.59 bits per heavy atom. The predicted molar refractivity (Wildman–Crippen MR) is 148 cm³/mol. The van der Waals surface area contributed by atoms with Crippen LogP contribution in [0.2, 0.25) is 15.1 Å². The number of carbonyl (C=O) groups is 2. The van der Waals surface area contributed by atoms with Crippen LogP contribution < -0.4 is 9.62 Å². The summed E-state index contributed by atoms with van der Waals surface area (Å²) in [4.78, 5) is 27.8. The first kappa shape index (κ1) is 28.8. The summed E-state index contributed by atoms with van der Waals surface area (Å²) >= 11 is 18.5. The highest BCUT2D eigenvalue weighted by Crippen LogP contribution is 2.28. The van der Waals surface area contributed by atoms with E-state index >= 15 is 0 Å². The lowest BCUT2D eigenvalue weighted by molar-refractivity contribution is -0.139. The monoisotopic (exact) mass is 581 g/mol. The number of anilines is 1. The molecular formula is C26H26Cl3N3O4S. The lowest BCUT2D eigenvalue weighted by Gasteiger charge is -2.32. The number of likely N-dealkylation sites (N-methyl/N-ethyl adjacent to an activating group) is 1. The molecule has 0 heterocycles. The molecule has 1 unspecified atom stereocenters. The van der Waals surface area contributed by atoms with Crippen molar-refractivity contribution < 1.29 is 18.0 Å². The molecule has 0 aliphatic carbocycles. The highest BCUT2D eigenvalue weighted by atomic mass is 35.5. The van der Waals surface area contributed by atoms with Crippen molar-refractivity contribution in [1.29, 1.82) is 0 Å². The molecule has 0 fully saturated rings. The topological polar surface area (TPSA) is 86.8 Å². The summed E-state index contributed by atoms with van der Waals surface area (Å²) in [5.74, 6) is -0.995. The third kappa shape index (κ3) is 7.17. The average molecular weight is 583 g/mol. The number of sulfonamides is 1. The summed E-state index contributed by atoms with van der Waals surface area (Å²) in [6.07, 6.45) is 0. The number of rotatable bonds is 10. The van der Waals surface area contributed by atoms with E-state index in [1.54, 1.807) is 62.4 Å².